The van der Waals surface area contributed by atoms with E-state index in [0.29, 0.717) is 0 Å². The zero-order valence-corrected chi connectivity index (χ0v) is 4.52. The Morgan fingerprint density at radius 3 is 3.44 bits per heavy atom. The molecular formula is C5H3N4. The smallest absolute Gasteiger partial charge is 0.179 e. The summed E-state index contributed by atoms with van der Waals surface area (Å²) in [5.74, 6) is 0. The van der Waals surface area contributed by atoms with E-state index in [0.717, 1.165) is 5.65 Å². The van der Waals surface area contributed by atoms with Crippen molar-refractivity contribution in [1.82, 2.24) is 20.0 Å². The van der Waals surface area contributed by atoms with Gasteiger partial charge in [-0.3, -0.25) is 0 Å². The highest BCUT2D eigenvalue weighted by Gasteiger charge is 1.89. The molecule has 2 aromatic rings. The van der Waals surface area contributed by atoms with Gasteiger partial charge in [0.15, 0.2) is 5.65 Å². The second kappa shape index (κ2) is 1.51. The number of tetrazole rings is 1. The molecule has 1 radical (unpaired) electrons. The number of rotatable bonds is 0. The number of hydrogen-bond donors (Lipinski definition) is 0. The summed E-state index contributed by atoms with van der Waals surface area (Å²) in [6.07, 6.45) is 1.68. The Hall–Kier alpha value is -1.45. The summed E-state index contributed by atoms with van der Waals surface area (Å²) in [6.45, 7) is 0. The largest absolute Gasteiger partial charge is 0.200 e. The predicted octanol–water partition coefficient (Wildman–Crippen LogP) is -0.0755. The Kier molecular flexibility index (Phi) is 0.745. The van der Waals surface area contributed by atoms with Crippen molar-refractivity contribution in [2.45, 2.75) is 0 Å². The van der Waals surface area contributed by atoms with Crippen LogP contribution in [0.2, 0.25) is 0 Å². The lowest BCUT2D eigenvalue weighted by Gasteiger charge is -1.81. The van der Waals surface area contributed by atoms with Crippen LogP contribution < -0.4 is 0 Å². The maximum absolute atomic E-state index is 3.70. The third-order valence-electron chi connectivity index (χ3n) is 1.04. The quantitative estimate of drug-likeness (QED) is 0.487. The van der Waals surface area contributed by atoms with E-state index < -0.39 is 0 Å². The van der Waals surface area contributed by atoms with Crippen LogP contribution in [0.4, 0.5) is 0 Å². The van der Waals surface area contributed by atoms with Crippen molar-refractivity contribution in [2.24, 2.45) is 0 Å². The first kappa shape index (κ1) is 4.43. The molecule has 0 N–H and O–H groups in total. The standard InChI is InChI=1S/C5H3N4/c1-2-4-9-5(3-1)6-7-8-9/h1,3-4H. The van der Waals surface area contributed by atoms with E-state index in [1.807, 2.05) is 0 Å². The maximum atomic E-state index is 3.70. The molecule has 9 heavy (non-hydrogen) atoms. The molecule has 0 aliphatic rings. The molecule has 4 nitrogen and oxygen atoms in total. The van der Waals surface area contributed by atoms with Gasteiger partial charge in [-0.05, 0) is 22.6 Å². The highest BCUT2D eigenvalue weighted by Crippen LogP contribution is 1.90. The lowest BCUT2D eigenvalue weighted by atomic mass is 10.5. The van der Waals surface area contributed by atoms with Crippen LogP contribution in [-0.2, 0) is 0 Å². The molecule has 43 valence electrons. The van der Waals surface area contributed by atoms with Gasteiger partial charge >= 0.3 is 0 Å². The van der Waals surface area contributed by atoms with Gasteiger partial charge in [0, 0.05) is 12.3 Å². The van der Waals surface area contributed by atoms with Gasteiger partial charge in [-0.1, -0.05) is 0 Å². The second-order valence-electron chi connectivity index (χ2n) is 1.61. The van der Waals surface area contributed by atoms with Crippen LogP contribution in [0.1, 0.15) is 0 Å². The van der Waals surface area contributed by atoms with E-state index in [-0.39, 0.29) is 0 Å². The van der Waals surface area contributed by atoms with Crippen molar-refractivity contribution < 1.29 is 0 Å². The molecule has 0 spiro atoms. The summed E-state index contributed by atoms with van der Waals surface area (Å²) in [6, 6.07) is 6.40. The fourth-order valence-electron chi connectivity index (χ4n) is 0.638. The summed E-state index contributed by atoms with van der Waals surface area (Å²) >= 11 is 0. The van der Waals surface area contributed by atoms with Crippen molar-refractivity contribution in [1.29, 1.82) is 0 Å². The van der Waals surface area contributed by atoms with E-state index in [4.69, 9.17) is 0 Å². The third-order valence-corrected chi connectivity index (χ3v) is 1.04. The van der Waals surface area contributed by atoms with Crippen molar-refractivity contribution in [3.05, 3.63) is 24.4 Å². The van der Waals surface area contributed by atoms with Gasteiger partial charge in [0.1, 0.15) is 0 Å². The molecule has 0 fully saturated rings. The minimum absolute atomic E-state index is 0.744. The predicted molar refractivity (Wildman–Crippen MR) is 29.6 cm³/mol. The van der Waals surface area contributed by atoms with Crippen molar-refractivity contribution in [3.63, 3.8) is 0 Å². The molecule has 0 aromatic carbocycles. The molecule has 0 saturated heterocycles. The summed E-state index contributed by atoms with van der Waals surface area (Å²) in [7, 11) is 0. The van der Waals surface area contributed by atoms with Crippen LogP contribution in [0.5, 0.6) is 0 Å². The number of nitrogens with zero attached hydrogens (tertiary/aromatic N) is 4. The van der Waals surface area contributed by atoms with E-state index >= 15 is 0 Å². The first-order valence-corrected chi connectivity index (χ1v) is 2.50. The van der Waals surface area contributed by atoms with Crippen molar-refractivity contribution >= 4 is 5.65 Å². The van der Waals surface area contributed by atoms with Crippen molar-refractivity contribution in [3.8, 4) is 0 Å². The normalized spacial score (nSPS) is 10.2. The Bertz CT molecular complexity index is 283. The molecule has 0 atom stereocenters. The lowest BCUT2D eigenvalue weighted by molar-refractivity contribution is 0.823. The Labute approximate surface area is 51.1 Å². The van der Waals surface area contributed by atoms with Crippen LogP contribution >= 0.6 is 0 Å². The van der Waals surface area contributed by atoms with Crippen LogP contribution in [0.3, 0.4) is 0 Å². The maximum Gasteiger partial charge on any atom is 0.179 e. The Morgan fingerprint density at radius 1 is 1.56 bits per heavy atom. The third kappa shape index (κ3) is 0.561. The van der Waals surface area contributed by atoms with Gasteiger partial charge < -0.3 is 0 Å². The van der Waals surface area contributed by atoms with Crippen LogP contribution in [-0.4, -0.2) is 20.0 Å². The molecule has 2 heterocycles. The van der Waals surface area contributed by atoms with Gasteiger partial charge in [-0.2, -0.15) is 0 Å². The fourth-order valence-corrected chi connectivity index (χ4v) is 0.638. The minimum Gasteiger partial charge on any atom is -0.200 e. The van der Waals surface area contributed by atoms with E-state index in [9.17, 15) is 0 Å². The van der Waals surface area contributed by atoms with E-state index in [1.165, 1.54) is 0 Å². The average molecular weight is 119 g/mol. The minimum atomic E-state index is 0.744. The molecule has 0 saturated carbocycles. The van der Waals surface area contributed by atoms with Crippen LogP contribution in [0, 0.1) is 6.07 Å². The molecule has 2 aromatic heterocycles. The summed E-state index contributed by atoms with van der Waals surface area (Å²) in [4.78, 5) is 0. The first-order valence-electron chi connectivity index (χ1n) is 2.50. The van der Waals surface area contributed by atoms with E-state index in [2.05, 4.69) is 21.6 Å². The summed E-state index contributed by atoms with van der Waals surface area (Å²) in [5.41, 5.74) is 0.744. The van der Waals surface area contributed by atoms with Crippen LogP contribution in [0.25, 0.3) is 5.65 Å². The topological polar surface area (TPSA) is 43.1 Å². The molecule has 4 heteroatoms. The second-order valence-corrected chi connectivity index (χ2v) is 1.61. The van der Waals surface area contributed by atoms with Gasteiger partial charge in [-0.15, -0.1) is 5.10 Å². The first-order chi connectivity index (χ1) is 4.47. The zero-order valence-electron chi connectivity index (χ0n) is 4.52. The average Bonchev–Trinajstić information content (AvgIpc) is 2.33. The molecule has 0 aliphatic heterocycles. The van der Waals surface area contributed by atoms with Gasteiger partial charge in [0.25, 0.3) is 0 Å². The Balaban J connectivity index is 2.95. The molecule has 2 rings (SSSR count). The lowest BCUT2D eigenvalue weighted by Crippen LogP contribution is -1.83. The highest BCUT2D eigenvalue weighted by molar-refractivity contribution is 5.32. The van der Waals surface area contributed by atoms with Crippen molar-refractivity contribution in [2.75, 3.05) is 0 Å². The fraction of sp³-hybridized carbons (Fsp3) is 0. The summed E-state index contributed by atoms with van der Waals surface area (Å²) in [5, 5.41) is 10.8. The molecule has 0 unspecified atom stereocenters. The summed E-state index contributed by atoms with van der Waals surface area (Å²) < 4.78 is 1.56. The number of fused-ring (bicyclic) bond motifs is 1. The molecule has 0 aliphatic carbocycles. The van der Waals surface area contributed by atoms with Gasteiger partial charge in [0.05, 0.1) is 0 Å². The molecular weight excluding hydrogens is 116 g/mol. The molecule has 0 amide bonds. The highest BCUT2D eigenvalue weighted by atomic mass is 15.5. The SMILES string of the molecule is [c]1ccc2nnnn2c1. The van der Waals surface area contributed by atoms with Gasteiger partial charge in [0.2, 0.25) is 0 Å². The number of hydrogen-bond acceptors (Lipinski definition) is 3. The van der Waals surface area contributed by atoms with E-state index in [1.54, 1.807) is 22.8 Å². The Morgan fingerprint density at radius 2 is 2.56 bits per heavy atom. The molecule has 0 bridgehead atoms. The number of aromatic nitrogens is 4. The van der Waals surface area contributed by atoms with Crippen LogP contribution in [0.15, 0.2) is 18.3 Å². The monoisotopic (exact) mass is 119 g/mol. The van der Waals surface area contributed by atoms with Gasteiger partial charge in [-0.25, -0.2) is 4.52 Å². The number of pyridine rings is 1. The zero-order chi connectivity index (χ0) is 6.10.